The highest BCUT2D eigenvalue weighted by molar-refractivity contribution is 9.10. The summed E-state index contributed by atoms with van der Waals surface area (Å²) in [6.45, 7) is 2.06. The van der Waals surface area contributed by atoms with E-state index in [0.717, 1.165) is 21.0 Å². The minimum Gasteiger partial charge on any atom is -0.463 e. The van der Waals surface area contributed by atoms with Gasteiger partial charge in [-0.3, -0.25) is 4.40 Å². The van der Waals surface area contributed by atoms with Crippen LogP contribution in [0.3, 0.4) is 0 Å². The van der Waals surface area contributed by atoms with Gasteiger partial charge in [0.25, 0.3) is 0 Å². The Bertz CT molecular complexity index is 609. The van der Waals surface area contributed by atoms with Crippen molar-refractivity contribution in [2.45, 2.75) is 6.92 Å². The lowest BCUT2D eigenvalue weighted by Crippen LogP contribution is -1.82. The Labute approximate surface area is 98.5 Å². The molecule has 0 N–H and O–H groups in total. The normalized spacial score (nSPS) is 11.3. The van der Waals surface area contributed by atoms with Gasteiger partial charge >= 0.3 is 0 Å². The highest BCUT2D eigenvalue weighted by atomic mass is 79.9. The van der Waals surface area contributed by atoms with Crippen LogP contribution in [-0.2, 0) is 0 Å². The molecule has 3 heterocycles. The number of hydrogen-bond acceptors (Lipinski definition) is 3. The number of nitrogens with zero attached hydrogens (tertiary/aromatic N) is 2. The zero-order valence-corrected chi connectivity index (χ0v) is 10.3. The second kappa shape index (κ2) is 3.21. The fourth-order valence-electron chi connectivity index (χ4n) is 1.53. The summed E-state index contributed by atoms with van der Waals surface area (Å²) in [5, 5.41) is 2.08. The van der Waals surface area contributed by atoms with Crippen molar-refractivity contribution in [2.75, 3.05) is 0 Å². The number of thiazole rings is 1. The van der Waals surface area contributed by atoms with Gasteiger partial charge in [0.05, 0.1) is 6.26 Å². The largest absolute Gasteiger partial charge is 0.463 e. The maximum atomic E-state index is 5.34. The van der Waals surface area contributed by atoms with Crippen LogP contribution in [0.4, 0.5) is 0 Å². The fraction of sp³-hybridized carbons (Fsp3) is 0.100. The van der Waals surface area contributed by atoms with Gasteiger partial charge < -0.3 is 4.42 Å². The highest BCUT2D eigenvalue weighted by Gasteiger charge is 2.15. The van der Waals surface area contributed by atoms with Crippen LogP contribution in [0.5, 0.6) is 0 Å². The molecular formula is C10H7BrN2OS. The number of imidazole rings is 1. The lowest BCUT2D eigenvalue weighted by atomic mass is 10.3. The van der Waals surface area contributed by atoms with Crippen molar-refractivity contribution in [1.82, 2.24) is 9.38 Å². The zero-order chi connectivity index (χ0) is 10.4. The van der Waals surface area contributed by atoms with Crippen LogP contribution in [0.1, 0.15) is 5.69 Å². The Morgan fingerprint density at radius 1 is 1.53 bits per heavy atom. The van der Waals surface area contributed by atoms with E-state index in [4.69, 9.17) is 4.42 Å². The van der Waals surface area contributed by atoms with E-state index in [-0.39, 0.29) is 0 Å². The predicted molar refractivity (Wildman–Crippen MR) is 63.2 cm³/mol. The molecule has 15 heavy (non-hydrogen) atoms. The minimum atomic E-state index is 0.789. The molecule has 0 spiro atoms. The first-order valence-electron chi connectivity index (χ1n) is 4.43. The molecule has 3 rings (SSSR count). The van der Waals surface area contributed by atoms with Crippen molar-refractivity contribution < 1.29 is 4.42 Å². The van der Waals surface area contributed by atoms with Crippen LogP contribution in [0.2, 0.25) is 0 Å². The number of aromatic nitrogens is 2. The lowest BCUT2D eigenvalue weighted by Gasteiger charge is -1.93. The van der Waals surface area contributed by atoms with Gasteiger partial charge in [-0.05, 0) is 35.0 Å². The standard InChI is InChI=1S/C10H7BrN2OS/c1-6-5-15-10-12-8(9(11)13(6)10)7-3-2-4-14-7/h2-5H,1H3. The topological polar surface area (TPSA) is 30.4 Å². The number of halogens is 1. The molecule has 3 aromatic heterocycles. The van der Waals surface area contributed by atoms with Crippen LogP contribution < -0.4 is 0 Å². The summed E-state index contributed by atoms with van der Waals surface area (Å²) in [4.78, 5) is 5.49. The van der Waals surface area contributed by atoms with E-state index in [1.807, 2.05) is 12.1 Å². The van der Waals surface area contributed by atoms with Crippen molar-refractivity contribution in [2.24, 2.45) is 0 Å². The van der Waals surface area contributed by atoms with Gasteiger partial charge in [-0.15, -0.1) is 11.3 Å². The molecule has 0 radical (unpaired) electrons. The lowest BCUT2D eigenvalue weighted by molar-refractivity contribution is 0.580. The molecule has 0 aliphatic heterocycles. The smallest absolute Gasteiger partial charge is 0.195 e. The van der Waals surface area contributed by atoms with Crippen molar-refractivity contribution in [1.29, 1.82) is 0 Å². The van der Waals surface area contributed by atoms with E-state index < -0.39 is 0 Å². The molecule has 0 aliphatic carbocycles. The average Bonchev–Trinajstić information content (AvgIpc) is 2.86. The third-order valence-corrected chi connectivity index (χ3v) is 3.91. The van der Waals surface area contributed by atoms with E-state index in [2.05, 4.69) is 37.6 Å². The maximum Gasteiger partial charge on any atom is 0.195 e. The Hall–Kier alpha value is -1.07. The molecule has 0 aliphatic rings. The van der Waals surface area contributed by atoms with Gasteiger partial charge in [0.2, 0.25) is 0 Å². The van der Waals surface area contributed by atoms with Crippen LogP contribution in [0.15, 0.2) is 32.8 Å². The summed E-state index contributed by atoms with van der Waals surface area (Å²) < 4.78 is 8.36. The number of rotatable bonds is 1. The molecule has 0 bridgehead atoms. The molecule has 76 valence electrons. The van der Waals surface area contributed by atoms with Gasteiger partial charge in [-0.25, -0.2) is 4.98 Å². The Morgan fingerprint density at radius 3 is 3.07 bits per heavy atom. The minimum absolute atomic E-state index is 0.789. The number of furan rings is 1. The monoisotopic (exact) mass is 282 g/mol. The summed E-state index contributed by atoms with van der Waals surface area (Å²) in [6, 6.07) is 3.77. The molecule has 3 aromatic rings. The second-order valence-electron chi connectivity index (χ2n) is 3.22. The Balaban J connectivity index is 2.33. The third kappa shape index (κ3) is 1.27. The van der Waals surface area contributed by atoms with E-state index in [1.54, 1.807) is 17.6 Å². The van der Waals surface area contributed by atoms with E-state index in [9.17, 15) is 0 Å². The zero-order valence-electron chi connectivity index (χ0n) is 7.90. The van der Waals surface area contributed by atoms with E-state index >= 15 is 0 Å². The van der Waals surface area contributed by atoms with Gasteiger partial charge in [0.1, 0.15) is 10.3 Å². The molecule has 0 amide bonds. The molecule has 0 fully saturated rings. The molecule has 0 saturated carbocycles. The van der Waals surface area contributed by atoms with Crippen LogP contribution in [0, 0.1) is 6.92 Å². The van der Waals surface area contributed by atoms with E-state index in [0.29, 0.717) is 0 Å². The summed E-state index contributed by atoms with van der Waals surface area (Å²) in [7, 11) is 0. The van der Waals surface area contributed by atoms with Crippen molar-refractivity contribution in [3.05, 3.63) is 34.1 Å². The van der Waals surface area contributed by atoms with Crippen molar-refractivity contribution >= 4 is 32.2 Å². The molecular weight excluding hydrogens is 276 g/mol. The number of aryl methyl sites for hydroxylation is 1. The number of fused-ring (bicyclic) bond motifs is 1. The maximum absolute atomic E-state index is 5.34. The van der Waals surface area contributed by atoms with Gasteiger partial charge in [-0.1, -0.05) is 0 Å². The molecule has 3 nitrogen and oxygen atoms in total. The summed E-state index contributed by atoms with van der Waals surface area (Å²) in [5.41, 5.74) is 2.03. The van der Waals surface area contributed by atoms with Crippen molar-refractivity contribution in [3.63, 3.8) is 0 Å². The number of hydrogen-bond donors (Lipinski definition) is 0. The van der Waals surface area contributed by atoms with Gasteiger partial charge in [-0.2, -0.15) is 0 Å². The predicted octanol–water partition coefficient (Wildman–Crippen LogP) is 3.73. The average molecular weight is 283 g/mol. The molecule has 5 heteroatoms. The molecule has 0 saturated heterocycles. The first kappa shape index (κ1) is 9.18. The summed E-state index contributed by atoms with van der Waals surface area (Å²) in [5.74, 6) is 0.789. The first-order chi connectivity index (χ1) is 7.27. The second-order valence-corrected chi connectivity index (χ2v) is 4.81. The first-order valence-corrected chi connectivity index (χ1v) is 6.10. The van der Waals surface area contributed by atoms with Crippen LogP contribution in [0.25, 0.3) is 16.4 Å². The van der Waals surface area contributed by atoms with Crippen LogP contribution in [-0.4, -0.2) is 9.38 Å². The Kier molecular flexibility index (Phi) is 1.97. The quantitative estimate of drug-likeness (QED) is 0.681. The summed E-state index contributed by atoms with van der Waals surface area (Å²) >= 11 is 5.18. The molecule has 0 aromatic carbocycles. The van der Waals surface area contributed by atoms with Gasteiger partial charge in [0, 0.05) is 11.1 Å². The van der Waals surface area contributed by atoms with Crippen molar-refractivity contribution in [3.8, 4) is 11.5 Å². The van der Waals surface area contributed by atoms with E-state index in [1.165, 1.54) is 5.69 Å². The summed E-state index contributed by atoms with van der Waals surface area (Å²) in [6.07, 6.45) is 1.65. The van der Waals surface area contributed by atoms with Crippen LogP contribution >= 0.6 is 27.3 Å². The molecule has 0 unspecified atom stereocenters. The highest BCUT2D eigenvalue weighted by Crippen LogP contribution is 2.32. The fourth-order valence-corrected chi connectivity index (χ4v) is 3.24. The van der Waals surface area contributed by atoms with Gasteiger partial charge in [0.15, 0.2) is 10.7 Å². The Morgan fingerprint density at radius 2 is 2.40 bits per heavy atom. The SMILES string of the molecule is Cc1csc2nc(-c3ccco3)c(Br)n12. The third-order valence-electron chi connectivity index (χ3n) is 2.23. The molecule has 0 atom stereocenters.